The van der Waals surface area contributed by atoms with Crippen molar-refractivity contribution in [2.24, 2.45) is 5.92 Å². The molecule has 0 unspecified atom stereocenters. The SMILES string of the molecule is C#CCN(CC1CC1)S(=O)(=O)CC(=O)O. The largest absolute Gasteiger partial charge is 0.480 e. The van der Waals surface area contributed by atoms with Crippen molar-refractivity contribution in [3.05, 3.63) is 0 Å². The third-order valence-corrected chi connectivity index (χ3v) is 3.80. The molecule has 0 aromatic rings. The first-order chi connectivity index (χ1) is 6.95. The molecule has 84 valence electrons. The fraction of sp³-hybridized carbons (Fsp3) is 0.667. The quantitative estimate of drug-likeness (QED) is 0.639. The molecular weight excluding hydrogens is 218 g/mol. The van der Waals surface area contributed by atoms with E-state index < -0.39 is 21.7 Å². The zero-order valence-electron chi connectivity index (χ0n) is 8.22. The van der Waals surface area contributed by atoms with Gasteiger partial charge in [-0.3, -0.25) is 4.79 Å². The summed E-state index contributed by atoms with van der Waals surface area (Å²) in [6.07, 6.45) is 7.03. The first-order valence-electron chi connectivity index (χ1n) is 4.59. The van der Waals surface area contributed by atoms with Crippen LogP contribution in [-0.4, -0.2) is 42.6 Å². The van der Waals surface area contributed by atoms with Gasteiger partial charge in [-0.2, -0.15) is 4.31 Å². The predicted molar refractivity (Wildman–Crippen MR) is 54.6 cm³/mol. The summed E-state index contributed by atoms with van der Waals surface area (Å²) in [5, 5.41) is 8.46. The molecular formula is C9H13NO4S. The fourth-order valence-electron chi connectivity index (χ4n) is 1.21. The molecule has 0 aromatic heterocycles. The maximum atomic E-state index is 11.5. The number of terminal acetylenes is 1. The van der Waals surface area contributed by atoms with Gasteiger partial charge in [0.25, 0.3) is 0 Å². The summed E-state index contributed by atoms with van der Waals surface area (Å²) >= 11 is 0. The molecule has 1 rings (SSSR count). The molecule has 0 saturated heterocycles. The van der Waals surface area contributed by atoms with Gasteiger partial charge in [-0.25, -0.2) is 8.42 Å². The Balaban J connectivity index is 2.68. The van der Waals surface area contributed by atoms with Gasteiger partial charge in [0, 0.05) is 6.54 Å². The average molecular weight is 231 g/mol. The van der Waals surface area contributed by atoms with Gasteiger partial charge in [-0.15, -0.1) is 6.42 Å². The zero-order valence-corrected chi connectivity index (χ0v) is 9.03. The lowest BCUT2D eigenvalue weighted by Crippen LogP contribution is -2.37. The molecule has 0 aliphatic heterocycles. The van der Waals surface area contributed by atoms with Crippen molar-refractivity contribution in [2.45, 2.75) is 12.8 Å². The van der Waals surface area contributed by atoms with Crippen LogP contribution in [-0.2, 0) is 14.8 Å². The first-order valence-corrected chi connectivity index (χ1v) is 6.19. The van der Waals surface area contributed by atoms with Crippen molar-refractivity contribution >= 4 is 16.0 Å². The van der Waals surface area contributed by atoms with E-state index in [2.05, 4.69) is 5.92 Å². The number of aliphatic carboxylic acids is 1. The van der Waals surface area contributed by atoms with Crippen LogP contribution in [0, 0.1) is 18.3 Å². The summed E-state index contributed by atoms with van der Waals surface area (Å²) in [6.45, 7) is 0.298. The fourth-order valence-corrected chi connectivity index (χ4v) is 2.42. The highest BCUT2D eigenvalue weighted by atomic mass is 32.2. The maximum absolute atomic E-state index is 11.5. The van der Waals surface area contributed by atoms with Crippen LogP contribution in [0.3, 0.4) is 0 Å². The van der Waals surface area contributed by atoms with Gasteiger partial charge in [0.1, 0.15) is 0 Å². The summed E-state index contributed by atoms with van der Waals surface area (Å²) in [6, 6.07) is 0. The highest BCUT2D eigenvalue weighted by Gasteiger charge is 2.31. The van der Waals surface area contributed by atoms with Crippen molar-refractivity contribution in [1.29, 1.82) is 0 Å². The summed E-state index contributed by atoms with van der Waals surface area (Å²) in [4.78, 5) is 10.4. The van der Waals surface area contributed by atoms with Crippen molar-refractivity contribution < 1.29 is 18.3 Å². The number of rotatable bonds is 6. The van der Waals surface area contributed by atoms with E-state index in [-0.39, 0.29) is 6.54 Å². The normalized spacial score (nSPS) is 16.3. The Bertz CT molecular complexity index is 377. The molecule has 5 nitrogen and oxygen atoms in total. The van der Waals surface area contributed by atoms with Crippen molar-refractivity contribution in [3.8, 4) is 12.3 Å². The van der Waals surface area contributed by atoms with E-state index >= 15 is 0 Å². The second-order valence-corrected chi connectivity index (χ2v) is 5.56. The Hall–Kier alpha value is -1.06. The number of sulfonamides is 1. The van der Waals surface area contributed by atoms with E-state index in [0.717, 1.165) is 17.1 Å². The van der Waals surface area contributed by atoms with Crippen LogP contribution in [0.25, 0.3) is 0 Å². The molecule has 1 aliphatic rings. The zero-order chi connectivity index (χ0) is 11.5. The van der Waals surface area contributed by atoms with Crippen LogP contribution < -0.4 is 0 Å². The van der Waals surface area contributed by atoms with Crippen LogP contribution in [0.1, 0.15) is 12.8 Å². The minimum atomic E-state index is -3.75. The molecule has 0 amide bonds. The Morgan fingerprint density at radius 3 is 2.53 bits per heavy atom. The molecule has 0 spiro atoms. The molecule has 1 saturated carbocycles. The highest BCUT2D eigenvalue weighted by Crippen LogP contribution is 2.30. The average Bonchev–Trinajstić information content (AvgIpc) is 2.84. The first kappa shape index (κ1) is 12.0. The smallest absolute Gasteiger partial charge is 0.320 e. The third kappa shape index (κ3) is 3.90. The standard InChI is InChI=1S/C9H13NO4S/c1-2-5-10(6-8-3-4-8)15(13,14)7-9(11)12/h1,8H,3-7H2,(H,11,12). The molecule has 6 heteroatoms. The third-order valence-electron chi connectivity index (χ3n) is 2.13. The minimum absolute atomic E-state index is 0.0495. The van der Waals surface area contributed by atoms with Gasteiger partial charge in [0.15, 0.2) is 5.75 Å². The van der Waals surface area contributed by atoms with Gasteiger partial charge < -0.3 is 5.11 Å². The molecule has 0 aromatic carbocycles. The number of hydrogen-bond acceptors (Lipinski definition) is 3. The van der Waals surface area contributed by atoms with Crippen molar-refractivity contribution in [1.82, 2.24) is 4.31 Å². The van der Waals surface area contributed by atoms with Gasteiger partial charge in [0.05, 0.1) is 6.54 Å². The molecule has 1 aliphatic carbocycles. The second kappa shape index (κ2) is 4.64. The van der Waals surface area contributed by atoms with Gasteiger partial charge in [-0.05, 0) is 18.8 Å². The number of hydrogen-bond donors (Lipinski definition) is 1. The van der Waals surface area contributed by atoms with Crippen LogP contribution in [0.15, 0.2) is 0 Å². The second-order valence-electron chi connectivity index (χ2n) is 3.59. The van der Waals surface area contributed by atoms with Gasteiger partial charge in [-0.1, -0.05) is 5.92 Å². The molecule has 0 radical (unpaired) electrons. The van der Waals surface area contributed by atoms with Crippen molar-refractivity contribution in [2.75, 3.05) is 18.8 Å². The Kier molecular flexibility index (Phi) is 3.72. The Morgan fingerprint density at radius 1 is 1.53 bits per heavy atom. The lowest BCUT2D eigenvalue weighted by molar-refractivity contribution is -0.134. The molecule has 15 heavy (non-hydrogen) atoms. The lowest BCUT2D eigenvalue weighted by atomic mass is 10.4. The Labute approximate surface area is 89.1 Å². The number of carboxylic acid groups (broad SMARTS) is 1. The number of carbonyl (C=O) groups is 1. The van der Waals surface area contributed by atoms with E-state index in [0.29, 0.717) is 12.5 Å². The summed E-state index contributed by atoms with van der Waals surface area (Å²) in [5.41, 5.74) is 0. The van der Waals surface area contributed by atoms with Gasteiger partial charge in [0.2, 0.25) is 10.0 Å². The van der Waals surface area contributed by atoms with Crippen LogP contribution in [0.5, 0.6) is 0 Å². The minimum Gasteiger partial charge on any atom is -0.480 e. The number of carboxylic acids is 1. The monoisotopic (exact) mass is 231 g/mol. The van der Waals surface area contributed by atoms with Crippen LogP contribution >= 0.6 is 0 Å². The summed E-state index contributed by atoms with van der Waals surface area (Å²) in [7, 11) is -3.75. The van der Waals surface area contributed by atoms with E-state index in [1.165, 1.54) is 0 Å². The predicted octanol–water partition coefficient (Wildman–Crippen LogP) is -0.254. The lowest BCUT2D eigenvalue weighted by Gasteiger charge is -2.18. The molecule has 0 atom stereocenters. The topological polar surface area (TPSA) is 74.7 Å². The van der Waals surface area contributed by atoms with E-state index in [4.69, 9.17) is 11.5 Å². The summed E-state index contributed by atoms with van der Waals surface area (Å²) in [5.74, 6) is 0.342. The summed E-state index contributed by atoms with van der Waals surface area (Å²) < 4.78 is 24.2. The van der Waals surface area contributed by atoms with E-state index in [9.17, 15) is 13.2 Å². The number of nitrogens with zero attached hydrogens (tertiary/aromatic N) is 1. The highest BCUT2D eigenvalue weighted by molar-refractivity contribution is 7.89. The van der Waals surface area contributed by atoms with Crippen molar-refractivity contribution in [3.63, 3.8) is 0 Å². The molecule has 0 heterocycles. The van der Waals surface area contributed by atoms with Gasteiger partial charge >= 0.3 is 5.97 Å². The molecule has 1 fully saturated rings. The van der Waals surface area contributed by atoms with Crippen LogP contribution in [0.2, 0.25) is 0 Å². The van der Waals surface area contributed by atoms with E-state index in [1.54, 1.807) is 0 Å². The molecule has 0 bridgehead atoms. The van der Waals surface area contributed by atoms with E-state index in [1.807, 2.05) is 0 Å². The molecule has 1 N–H and O–H groups in total. The Morgan fingerprint density at radius 2 is 2.13 bits per heavy atom. The maximum Gasteiger partial charge on any atom is 0.320 e. The van der Waals surface area contributed by atoms with Crippen LogP contribution in [0.4, 0.5) is 0 Å².